The summed E-state index contributed by atoms with van der Waals surface area (Å²) < 4.78 is 23.8. The van der Waals surface area contributed by atoms with Crippen LogP contribution in [-0.4, -0.2) is 33.0 Å². The second-order valence-electron chi connectivity index (χ2n) is 4.91. The maximum Gasteiger partial charge on any atom is 0.151 e. The van der Waals surface area contributed by atoms with Gasteiger partial charge in [-0.3, -0.25) is 0 Å². The van der Waals surface area contributed by atoms with Crippen molar-refractivity contribution in [3.8, 4) is 0 Å². The van der Waals surface area contributed by atoms with Crippen LogP contribution in [0.15, 0.2) is 0 Å². The fraction of sp³-hybridized carbons (Fsp3) is 1.00. The average molecular weight is 247 g/mol. The first-order valence-corrected chi connectivity index (χ1v) is 8.29. The lowest BCUT2D eigenvalue weighted by Crippen LogP contribution is -2.39. The minimum Gasteiger partial charge on any atom is -0.316 e. The van der Waals surface area contributed by atoms with Gasteiger partial charge in [0, 0.05) is 6.04 Å². The lowest BCUT2D eigenvalue weighted by molar-refractivity contribution is 0.404. The highest BCUT2D eigenvalue weighted by Gasteiger charge is 2.27. The van der Waals surface area contributed by atoms with Gasteiger partial charge in [0.15, 0.2) is 9.84 Å². The molecule has 1 N–H and O–H groups in total. The standard InChI is InChI=1S/C12H25NO2S/c1-3-4-9-16(14,15)10-12(13-2)11-7-5-6-8-11/h11-13H,3-10H2,1-2H3. The molecule has 0 amide bonds. The lowest BCUT2D eigenvalue weighted by Gasteiger charge is -2.22. The van der Waals surface area contributed by atoms with Gasteiger partial charge in [-0.1, -0.05) is 26.2 Å². The first-order valence-electron chi connectivity index (χ1n) is 6.46. The summed E-state index contributed by atoms with van der Waals surface area (Å²) in [4.78, 5) is 0. The largest absolute Gasteiger partial charge is 0.316 e. The predicted octanol–water partition coefficient (Wildman–Crippen LogP) is 1.98. The molecule has 1 unspecified atom stereocenters. The van der Waals surface area contributed by atoms with Crippen molar-refractivity contribution in [1.82, 2.24) is 5.32 Å². The van der Waals surface area contributed by atoms with Crippen LogP contribution in [0.2, 0.25) is 0 Å². The molecule has 0 aromatic heterocycles. The average Bonchev–Trinajstić information content (AvgIpc) is 2.76. The number of hydrogen-bond acceptors (Lipinski definition) is 3. The molecule has 1 rings (SSSR count). The van der Waals surface area contributed by atoms with E-state index in [0.29, 0.717) is 17.4 Å². The molecule has 4 heteroatoms. The molecule has 0 bridgehead atoms. The molecule has 0 radical (unpaired) electrons. The van der Waals surface area contributed by atoms with Gasteiger partial charge in [0.2, 0.25) is 0 Å². The van der Waals surface area contributed by atoms with Crippen molar-refractivity contribution in [2.45, 2.75) is 51.5 Å². The minimum absolute atomic E-state index is 0.171. The fourth-order valence-corrected chi connectivity index (χ4v) is 4.42. The topological polar surface area (TPSA) is 46.2 Å². The van der Waals surface area contributed by atoms with Crippen LogP contribution in [-0.2, 0) is 9.84 Å². The van der Waals surface area contributed by atoms with Crippen LogP contribution in [0.3, 0.4) is 0 Å². The molecular weight excluding hydrogens is 222 g/mol. The summed E-state index contributed by atoms with van der Waals surface area (Å²) in [7, 11) is -0.968. The molecule has 1 aliphatic carbocycles. The summed E-state index contributed by atoms with van der Waals surface area (Å²) in [5.74, 6) is 1.25. The summed E-state index contributed by atoms with van der Waals surface area (Å²) in [6.45, 7) is 2.03. The molecule has 1 saturated carbocycles. The zero-order valence-electron chi connectivity index (χ0n) is 10.5. The van der Waals surface area contributed by atoms with E-state index in [1.807, 2.05) is 14.0 Å². The number of rotatable bonds is 7. The molecule has 0 heterocycles. The molecule has 0 aromatic rings. The summed E-state index contributed by atoms with van der Waals surface area (Å²) >= 11 is 0. The van der Waals surface area contributed by atoms with E-state index in [4.69, 9.17) is 0 Å². The number of unbranched alkanes of at least 4 members (excludes halogenated alkanes) is 1. The Morgan fingerprint density at radius 1 is 1.31 bits per heavy atom. The van der Waals surface area contributed by atoms with Crippen LogP contribution in [0.4, 0.5) is 0 Å². The zero-order chi connectivity index (χ0) is 12.0. The highest BCUT2D eigenvalue weighted by Crippen LogP contribution is 2.28. The first kappa shape index (κ1) is 14.0. The Morgan fingerprint density at radius 3 is 2.44 bits per heavy atom. The number of nitrogens with one attached hydrogen (secondary N) is 1. The number of sulfone groups is 1. The van der Waals surface area contributed by atoms with Crippen LogP contribution in [0.1, 0.15) is 45.4 Å². The van der Waals surface area contributed by atoms with E-state index in [1.54, 1.807) is 0 Å². The Labute approximate surface area is 99.9 Å². The lowest BCUT2D eigenvalue weighted by atomic mass is 10.0. The van der Waals surface area contributed by atoms with Crippen molar-refractivity contribution in [3.63, 3.8) is 0 Å². The van der Waals surface area contributed by atoms with E-state index in [2.05, 4.69) is 5.32 Å². The van der Waals surface area contributed by atoms with Crippen LogP contribution in [0.5, 0.6) is 0 Å². The predicted molar refractivity (Wildman–Crippen MR) is 68.4 cm³/mol. The van der Waals surface area contributed by atoms with Gasteiger partial charge < -0.3 is 5.32 Å². The van der Waals surface area contributed by atoms with Gasteiger partial charge in [-0.05, 0) is 32.2 Å². The van der Waals surface area contributed by atoms with Crippen LogP contribution in [0.25, 0.3) is 0 Å². The molecule has 1 atom stereocenters. The molecule has 0 aromatic carbocycles. The number of hydrogen-bond donors (Lipinski definition) is 1. The van der Waals surface area contributed by atoms with Gasteiger partial charge >= 0.3 is 0 Å². The van der Waals surface area contributed by atoms with Gasteiger partial charge in [-0.2, -0.15) is 0 Å². The minimum atomic E-state index is -2.85. The molecular formula is C12H25NO2S. The SMILES string of the molecule is CCCCS(=O)(=O)CC(NC)C1CCCC1. The van der Waals surface area contributed by atoms with E-state index >= 15 is 0 Å². The second-order valence-corrected chi connectivity index (χ2v) is 7.14. The normalized spacial score (nSPS) is 20.1. The highest BCUT2D eigenvalue weighted by atomic mass is 32.2. The maximum absolute atomic E-state index is 11.9. The molecule has 3 nitrogen and oxygen atoms in total. The molecule has 0 saturated heterocycles. The van der Waals surface area contributed by atoms with Crippen molar-refractivity contribution in [2.24, 2.45) is 5.92 Å². The maximum atomic E-state index is 11.9. The van der Waals surface area contributed by atoms with Crippen molar-refractivity contribution in [1.29, 1.82) is 0 Å². The van der Waals surface area contributed by atoms with E-state index in [1.165, 1.54) is 25.7 Å². The summed E-state index contributed by atoms with van der Waals surface area (Å²) in [6.07, 6.45) is 6.65. The Kier molecular flexibility index (Phi) is 5.76. The van der Waals surface area contributed by atoms with Crippen molar-refractivity contribution in [2.75, 3.05) is 18.6 Å². The summed E-state index contributed by atoms with van der Waals surface area (Å²) in [6, 6.07) is 0.171. The Hall–Kier alpha value is -0.0900. The third-order valence-electron chi connectivity index (χ3n) is 3.58. The third-order valence-corrected chi connectivity index (χ3v) is 5.36. The molecule has 0 spiro atoms. The van der Waals surface area contributed by atoms with Crippen molar-refractivity contribution in [3.05, 3.63) is 0 Å². The van der Waals surface area contributed by atoms with E-state index in [-0.39, 0.29) is 6.04 Å². The third kappa shape index (κ3) is 4.42. The van der Waals surface area contributed by atoms with Crippen molar-refractivity contribution >= 4 is 9.84 Å². The Bertz CT molecular complexity index is 281. The molecule has 1 fully saturated rings. The molecule has 1 aliphatic rings. The van der Waals surface area contributed by atoms with E-state index in [9.17, 15) is 8.42 Å². The fourth-order valence-electron chi connectivity index (χ4n) is 2.54. The van der Waals surface area contributed by atoms with Gasteiger partial charge in [0.25, 0.3) is 0 Å². The smallest absolute Gasteiger partial charge is 0.151 e. The monoisotopic (exact) mass is 247 g/mol. The second kappa shape index (κ2) is 6.60. The summed E-state index contributed by atoms with van der Waals surface area (Å²) in [5, 5.41) is 3.20. The Balaban J connectivity index is 2.48. The molecule has 16 heavy (non-hydrogen) atoms. The quantitative estimate of drug-likeness (QED) is 0.748. The Morgan fingerprint density at radius 2 is 1.94 bits per heavy atom. The summed E-state index contributed by atoms with van der Waals surface area (Å²) in [5.41, 5.74) is 0. The molecule has 0 aliphatic heterocycles. The van der Waals surface area contributed by atoms with Crippen LogP contribution >= 0.6 is 0 Å². The first-order chi connectivity index (χ1) is 7.59. The van der Waals surface area contributed by atoms with Gasteiger partial charge in [0.1, 0.15) is 0 Å². The highest BCUT2D eigenvalue weighted by molar-refractivity contribution is 7.91. The van der Waals surface area contributed by atoms with E-state index in [0.717, 1.165) is 12.8 Å². The van der Waals surface area contributed by atoms with Crippen molar-refractivity contribution < 1.29 is 8.42 Å². The van der Waals surface area contributed by atoms with Crippen LogP contribution < -0.4 is 5.32 Å². The molecule has 96 valence electrons. The van der Waals surface area contributed by atoms with Crippen LogP contribution in [0, 0.1) is 5.92 Å². The van der Waals surface area contributed by atoms with Gasteiger partial charge in [-0.15, -0.1) is 0 Å². The van der Waals surface area contributed by atoms with Gasteiger partial charge in [-0.25, -0.2) is 8.42 Å². The zero-order valence-corrected chi connectivity index (χ0v) is 11.4. The van der Waals surface area contributed by atoms with Gasteiger partial charge in [0.05, 0.1) is 11.5 Å². The van der Waals surface area contributed by atoms with E-state index < -0.39 is 9.84 Å².